The summed E-state index contributed by atoms with van der Waals surface area (Å²) in [6.45, 7) is 2.66. The van der Waals surface area contributed by atoms with Gasteiger partial charge in [0.05, 0.1) is 36.1 Å². The molecule has 0 fully saturated rings. The Balaban J connectivity index is 1.66. The van der Waals surface area contributed by atoms with E-state index in [1.165, 1.54) is 44.2 Å². The standard InChI is InChI=1S/C23H23ClN4O6S/c1-4-28-19(12-34-18-8-6-5-7-17(18)24)26-27-23(28)35-13-20(29)25-16-10-14(21(30)32-2)9-15(11-16)22(31)33-3/h5-11H,4,12-13H2,1-3H3,(H,25,29). The lowest BCUT2D eigenvalue weighted by atomic mass is 10.1. The summed E-state index contributed by atoms with van der Waals surface area (Å²) in [5.74, 6) is -0.531. The summed E-state index contributed by atoms with van der Waals surface area (Å²) >= 11 is 7.31. The van der Waals surface area contributed by atoms with Gasteiger partial charge in [0.25, 0.3) is 0 Å². The third-order valence-electron chi connectivity index (χ3n) is 4.69. The van der Waals surface area contributed by atoms with Crippen LogP contribution in [0.2, 0.25) is 5.02 Å². The lowest BCUT2D eigenvalue weighted by molar-refractivity contribution is -0.113. The molecule has 0 spiro atoms. The van der Waals surface area contributed by atoms with E-state index in [2.05, 4.69) is 15.5 Å². The zero-order valence-corrected chi connectivity index (χ0v) is 20.8. The van der Waals surface area contributed by atoms with Crippen molar-refractivity contribution in [3.63, 3.8) is 0 Å². The molecule has 0 unspecified atom stereocenters. The predicted molar refractivity (Wildman–Crippen MR) is 130 cm³/mol. The second-order valence-electron chi connectivity index (χ2n) is 6.98. The Kier molecular flexibility index (Phi) is 9.10. The Hall–Kier alpha value is -3.57. The zero-order valence-electron chi connectivity index (χ0n) is 19.2. The maximum atomic E-state index is 12.6. The fourth-order valence-corrected chi connectivity index (χ4v) is 4.06. The van der Waals surface area contributed by atoms with Crippen molar-refractivity contribution in [3.8, 4) is 5.75 Å². The molecule has 35 heavy (non-hydrogen) atoms. The minimum Gasteiger partial charge on any atom is -0.484 e. The van der Waals surface area contributed by atoms with Crippen molar-refractivity contribution in [1.82, 2.24) is 14.8 Å². The van der Waals surface area contributed by atoms with Crippen LogP contribution in [0, 0.1) is 0 Å². The number of halogens is 1. The largest absolute Gasteiger partial charge is 0.484 e. The summed E-state index contributed by atoms with van der Waals surface area (Å²) in [5, 5.41) is 12.0. The number of carbonyl (C=O) groups excluding carboxylic acids is 3. The average molecular weight is 519 g/mol. The van der Waals surface area contributed by atoms with Crippen LogP contribution in [-0.4, -0.2) is 52.6 Å². The predicted octanol–water partition coefficient (Wildman–Crippen LogP) is 3.83. The number of nitrogens with zero attached hydrogens (tertiary/aromatic N) is 3. The number of carbonyl (C=O) groups is 3. The number of thioether (sulfide) groups is 1. The van der Waals surface area contributed by atoms with E-state index in [1.807, 2.05) is 23.6 Å². The van der Waals surface area contributed by atoms with E-state index in [4.69, 9.17) is 25.8 Å². The second-order valence-corrected chi connectivity index (χ2v) is 8.33. The van der Waals surface area contributed by atoms with E-state index in [0.29, 0.717) is 28.3 Å². The summed E-state index contributed by atoms with van der Waals surface area (Å²) in [7, 11) is 2.44. The van der Waals surface area contributed by atoms with Gasteiger partial charge in [0.15, 0.2) is 11.0 Å². The number of nitrogens with one attached hydrogen (secondary N) is 1. The number of ether oxygens (including phenoxy) is 3. The third-order valence-corrected chi connectivity index (χ3v) is 5.97. The molecule has 0 radical (unpaired) electrons. The lowest BCUT2D eigenvalue weighted by Gasteiger charge is -2.11. The first-order valence-electron chi connectivity index (χ1n) is 10.4. The fourth-order valence-electron chi connectivity index (χ4n) is 3.05. The highest BCUT2D eigenvalue weighted by Gasteiger charge is 2.17. The number of benzene rings is 2. The van der Waals surface area contributed by atoms with Crippen molar-refractivity contribution >= 4 is 46.9 Å². The Bertz CT molecular complexity index is 1200. The number of amides is 1. The van der Waals surface area contributed by atoms with E-state index in [0.717, 1.165) is 0 Å². The van der Waals surface area contributed by atoms with E-state index >= 15 is 0 Å². The average Bonchev–Trinajstić information content (AvgIpc) is 3.27. The summed E-state index contributed by atoms with van der Waals surface area (Å²) in [6.07, 6.45) is 0. The van der Waals surface area contributed by atoms with Gasteiger partial charge in [0.1, 0.15) is 12.4 Å². The first-order valence-corrected chi connectivity index (χ1v) is 11.8. The van der Waals surface area contributed by atoms with Crippen molar-refractivity contribution in [3.05, 3.63) is 64.4 Å². The third kappa shape index (κ3) is 6.74. The molecule has 12 heteroatoms. The van der Waals surface area contributed by atoms with Crippen LogP contribution in [0.3, 0.4) is 0 Å². The van der Waals surface area contributed by atoms with E-state index < -0.39 is 11.9 Å². The molecular weight excluding hydrogens is 496 g/mol. The SMILES string of the molecule is CCn1c(COc2ccccc2Cl)nnc1SCC(=O)Nc1cc(C(=O)OC)cc(C(=O)OC)c1. The van der Waals surface area contributed by atoms with Gasteiger partial charge in [0, 0.05) is 12.2 Å². The van der Waals surface area contributed by atoms with Crippen LogP contribution in [0.5, 0.6) is 5.75 Å². The molecule has 184 valence electrons. The van der Waals surface area contributed by atoms with Crippen LogP contribution in [0.15, 0.2) is 47.6 Å². The van der Waals surface area contributed by atoms with Gasteiger partial charge in [-0.1, -0.05) is 35.5 Å². The summed E-state index contributed by atoms with van der Waals surface area (Å²) in [4.78, 5) is 36.4. The molecule has 0 aliphatic carbocycles. The van der Waals surface area contributed by atoms with Crippen molar-refractivity contribution in [2.24, 2.45) is 0 Å². The summed E-state index contributed by atoms with van der Waals surface area (Å²) in [6, 6.07) is 11.3. The van der Waals surface area contributed by atoms with Crippen molar-refractivity contribution in [1.29, 1.82) is 0 Å². The molecule has 3 rings (SSSR count). The second kappa shape index (κ2) is 12.2. The van der Waals surface area contributed by atoms with E-state index in [-0.39, 0.29) is 35.1 Å². The van der Waals surface area contributed by atoms with Gasteiger partial charge in [-0.3, -0.25) is 4.79 Å². The van der Waals surface area contributed by atoms with Crippen molar-refractivity contribution in [2.75, 3.05) is 25.3 Å². The Morgan fingerprint density at radius 2 is 1.69 bits per heavy atom. The number of hydrogen-bond donors (Lipinski definition) is 1. The molecule has 0 aliphatic heterocycles. The van der Waals surface area contributed by atoms with Gasteiger partial charge in [-0.05, 0) is 37.3 Å². The summed E-state index contributed by atoms with van der Waals surface area (Å²) in [5.41, 5.74) is 0.462. The molecule has 1 amide bonds. The van der Waals surface area contributed by atoms with Gasteiger partial charge in [-0.15, -0.1) is 10.2 Å². The van der Waals surface area contributed by atoms with Crippen molar-refractivity contribution < 1.29 is 28.6 Å². The fraction of sp³-hybridized carbons (Fsp3) is 0.261. The molecule has 10 nitrogen and oxygen atoms in total. The Morgan fingerprint density at radius 3 is 2.29 bits per heavy atom. The minimum atomic E-state index is -0.650. The van der Waals surface area contributed by atoms with Gasteiger partial charge < -0.3 is 24.1 Å². The van der Waals surface area contributed by atoms with E-state index in [1.54, 1.807) is 12.1 Å². The number of methoxy groups -OCH3 is 2. The quantitative estimate of drug-likeness (QED) is 0.315. The molecular formula is C23H23ClN4O6S. The van der Waals surface area contributed by atoms with Crippen LogP contribution in [0.1, 0.15) is 33.5 Å². The van der Waals surface area contributed by atoms with Gasteiger partial charge >= 0.3 is 11.9 Å². The molecule has 1 aromatic heterocycles. The van der Waals surface area contributed by atoms with Gasteiger partial charge in [0.2, 0.25) is 5.91 Å². The Morgan fingerprint density at radius 1 is 1.03 bits per heavy atom. The Labute approximate surface area is 210 Å². The normalized spacial score (nSPS) is 10.5. The number of aromatic nitrogens is 3. The summed E-state index contributed by atoms with van der Waals surface area (Å²) < 4.78 is 17.0. The van der Waals surface area contributed by atoms with Crippen LogP contribution in [0.4, 0.5) is 5.69 Å². The highest BCUT2D eigenvalue weighted by molar-refractivity contribution is 7.99. The number of anilines is 1. The topological polar surface area (TPSA) is 122 Å². The molecule has 2 aromatic carbocycles. The highest BCUT2D eigenvalue weighted by atomic mass is 35.5. The highest BCUT2D eigenvalue weighted by Crippen LogP contribution is 2.25. The molecule has 0 bridgehead atoms. The zero-order chi connectivity index (χ0) is 25.4. The monoisotopic (exact) mass is 518 g/mol. The van der Waals surface area contributed by atoms with Crippen LogP contribution >= 0.6 is 23.4 Å². The van der Waals surface area contributed by atoms with Crippen LogP contribution < -0.4 is 10.1 Å². The lowest BCUT2D eigenvalue weighted by Crippen LogP contribution is -2.16. The molecule has 1 N–H and O–H groups in total. The first-order chi connectivity index (χ1) is 16.9. The molecule has 0 aliphatic rings. The minimum absolute atomic E-state index is 0.0134. The van der Waals surface area contributed by atoms with Gasteiger partial charge in [-0.25, -0.2) is 9.59 Å². The van der Waals surface area contributed by atoms with Crippen LogP contribution in [0.25, 0.3) is 0 Å². The van der Waals surface area contributed by atoms with Crippen LogP contribution in [-0.2, 0) is 27.4 Å². The van der Waals surface area contributed by atoms with Gasteiger partial charge in [-0.2, -0.15) is 0 Å². The van der Waals surface area contributed by atoms with Crippen molar-refractivity contribution in [2.45, 2.75) is 25.2 Å². The van der Waals surface area contributed by atoms with E-state index in [9.17, 15) is 14.4 Å². The maximum absolute atomic E-state index is 12.6. The molecule has 1 heterocycles. The molecule has 0 atom stereocenters. The molecule has 3 aromatic rings. The molecule has 0 saturated heterocycles. The number of rotatable bonds is 10. The first kappa shape index (κ1) is 26.0. The number of esters is 2. The maximum Gasteiger partial charge on any atom is 0.337 e. The molecule has 0 saturated carbocycles. The number of para-hydroxylation sites is 1. The smallest absolute Gasteiger partial charge is 0.337 e. The number of hydrogen-bond acceptors (Lipinski definition) is 9.